The fourth-order valence-electron chi connectivity index (χ4n) is 2.46. The van der Waals surface area contributed by atoms with Gasteiger partial charge in [0.2, 0.25) is 0 Å². The van der Waals surface area contributed by atoms with E-state index in [1.54, 1.807) is 20.3 Å². The number of hydrogen-bond acceptors (Lipinski definition) is 3. The molecule has 1 amide bonds. The first-order valence-electron chi connectivity index (χ1n) is 6.25. The highest BCUT2D eigenvalue weighted by atomic mass is 16.5. The number of carbonyl (C=O) groups is 1. The molecule has 1 unspecified atom stereocenters. The number of benzene rings is 1. The van der Waals surface area contributed by atoms with Crippen LogP contribution in [0.2, 0.25) is 0 Å². The Labute approximate surface area is 107 Å². The lowest BCUT2D eigenvalue weighted by atomic mass is 9.87. The number of hydrogen-bond donors (Lipinski definition) is 1. The molecule has 1 aromatic carbocycles. The highest BCUT2D eigenvalue weighted by Crippen LogP contribution is 2.36. The molecule has 2 rings (SSSR count). The fourth-order valence-corrected chi connectivity index (χ4v) is 2.46. The highest BCUT2D eigenvalue weighted by molar-refractivity contribution is 5.97. The minimum Gasteiger partial charge on any atom is -0.493 e. The number of rotatable bonds is 4. The molecular weight excluding hydrogens is 230 g/mol. The highest BCUT2D eigenvalue weighted by Gasteiger charge is 2.26. The number of amides is 1. The lowest BCUT2D eigenvalue weighted by Crippen LogP contribution is -2.35. The minimum atomic E-state index is -0.0293. The Hall–Kier alpha value is -1.71. The van der Waals surface area contributed by atoms with Crippen LogP contribution in [-0.4, -0.2) is 26.7 Å². The molecule has 0 radical (unpaired) electrons. The quantitative estimate of drug-likeness (QED) is 0.891. The Morgan fingerprint density at radius 1 is 1.28 bits per heavy atom. The smallest absolute Gasteiger partial charge is 0.251 e. The van der Waals surface area contributed by atoms with Crippen molar-refractivity contribution >= 4 is 5.91 Å². The number of carbonyl (C=O) groups excluding carboxylic acids is 1. The number of methoxy groups -OCH3 is 2. The van der Waals surface area contributed by atoms with Crippen molar-refractivity contribution in [3.05, 3.63) is 23.3 Å². The molecule has 0 saturated carbocycles. The summed E-state index contributed by atoms with van der Waals surface area (Å²) in [6.45, 7) is 2.85. The molecule has 0 fully saturated rings. The van der Waals surface area contributed by atoms with Gasteiger partial charge >= 0.3 is 0 Å². The van der Waals surface area contributed by atoms with Crippen molar-refractivity contribution in [1.82, 2.24) is 5.32 Å². The van der Waals surface area contributed by atoms with Crippen molar-refractivity contribution in [3.8, 4) is 11.5 Å². The van der Waals surface area contributed by atoms with E-state index < -0.39 is 0 Å². The summed E-state index contributed by atoms with van der Waals surface area (Å²) in [7, 11) is 3.19. The van der Waals surface area contributed by atoms with Gasteiger partial charge in [0.25, 0.3) is 5.91 Å². The van der Waals surface area contributed by atoms with Gasteiger partial charge < -0.3 is 14.8 Å². The van der Waals surface area contributed by atoms with Crippen LogP contribution < -0.4 is 14.8 Å². The van der Waals surface area contributed by atoms with Gasteiger partial charge in [0, 0.05) is 18.0 Å². The largest absolute Gasteiger partial charge is 0.493 e. The van der Waals surface area contributed by atoms with Crippen molar-refractivity contribution in [1.29, 1.82) is 0 Å². The standard InChI is InChI=1S/C14H19NO3/c1-4-5-9-8-15-14(16)11-7-13(18-3)12(17-2)6-10(9)11/h6-7,9H,4-5,8H2,1-3H3,(H,15,16). The van der Waals surface area contributed by atoms with Crippen LogP contribution in [0, 0.1) is 0 Å². The van der Waals surface area contributed by atoms with Gasteiger partial charge in [-0.15, -0.1) is 0 Å². The molecule has 1 N–H and O–H groups in total. The number of nitrogens with one attached hydrogen (secondary N) is 1. The summed E-state index contributed by atoms with van der Waals surface area (Å²) in [5.74, 6) is 1.62. The normalized spacial score (nSPS) is 17.9. The first-order chi connectivity index (χ1) is 8.71. The van der Waals surface area contributed by atoms with Gasteiger partial charge in [0.05, 0.1) is 14.2 Å². The summed E-state index contributed by atoms with van der Waals surface area (Å²) in [6, 6.07) is 3.71. The van der Waals surface area contributed by atoms with Crippen molar-refractivity contribution in [2.75, 3.05) is 20.8 Å². The monoisotopic (exact) mass is 249 g/mol. The van der Waals surface area contributed by atoms with Crippen molar-refractivity contribution in [2.45, 2.75) is 25.7 Å². The van der Waals surface area contributed by atoms with Crippen molar-refractivity contribution < 1.29 is 14.3 Å². The molecular formula is C14H19NO3. The van der Waals surface area contributed by atoms with E-state index >= 15 is 0 Å². The zero-order chi connectivity index (χ0) is 13.1. The predicted octanol–water partition coefficient (Wildman–Crippen LogP) is 2.33. The number of ether oxygens (including phenoxy) is 2. The molecule has 4 nitrogen and oxygen atoms in total. The van der Waals surface area contributed by atoms with Crippen LogP contribution in [0.5, 0.6) is 11.5 Å². The summed E-state index contributed by atoms with van der Waals surface area (Å²) in [6.07, 6.45) is 2.15. The van der Waals surface area contributed by atoms with Gasteiger partial charge in [-0.05, 0) is 24.1 Å². The predicted molar refractivity (Wildman–Crippen MR) is 69.5 cm³/mol. The second-order valence-electron chi connectivity index (χ2n) is 4.49. The topological polar surface area (TPSA) is 47.6 Å². The van der Waals surface area contributed by atoms with Gasteiger partial charge in [-0.2, -0.15) is 0 Å². The summed E-state index contributed by atoms with van der Waals surface area (Å²) in [5.41, 5.74) is 1.77. The van der Waals surface area contributed by atoms with Crippen LogP contribution in [0.15, 0.2) is 12.1 Å². The Morgan fingerprint density at radius 2 is 1.94 bits per heavy atom. The third-order valence-electron chi connectivity index (χ3n) is 3.39. The molecule has 1 aliphatic rings. The average Bonchev–Trinajstić information content (AvgIpc) is 2.41. The van der Waals surface area contributed by atoms with Gasteiger partial charge in [-0.3, -0.25) is 4.79 Å². The Morgan fingerprint density at radius 3 is 2.56 bits per heavy atom. The first-order valence-corrected chi connectivity index (χ1v) is 6.25. The minimum absolute atomic E-state index is 0.0293. The van der Waals surface area contributed by atoms with E-state index in [1.807, 2.05) is 6.07 Å². The van der Waals surface area contributed by atoms with Gasteiger partial charge in [-0.1, -0.05) is 13.3 Å². The van der Waals surface area contributed by atoms with E-state index in [4.69, 9.17) is 9.47 Å². The van der Waals surface area contributed by atoms with Crippen LogP contribution in [-0.2, 0) is 0 Å². The molecule has 98 valence electrons. The Balaban J connectivity index is 2.49. The van der Waals surface area contributed by atoms with E-state index in [9.17, 15) is 4.79 Å². The zero-order valence-electron chi connectivity index (χ0n) is 11.1. The zero-order valence-corrected chi connectivity index (χ0v) is 11.1. The summed E-state index contributed by atoms with van der Waals surface area (Å²) in [4.78, 5) is 11.9. The van der Waals surface area contributed by atoms with E-state index in [2.05, 4.69) is 12.2 Å². The lowest BCUT2D eigenvalue weighted by molar-refractivity contribution is 0.0938. The van der Waals surface area contributed by atoms with Crippen LogP contribution in [0.25, 0.3) is 0 Å². The van der Waals surface area contributed by atoms with Gasteiger partial charge in [0.15, 0.2) is 11.5 Å². The maximum atomic E-state index is 11.9. The van der Waals surface area contributed by atoms with Crippen molar-refractivity contribution in [3.63, 3.8) is 0 Å². The second-order valence-corrected chi connectivity index (χ2v) is 4.49. The third kappa shape index (κ3) is 2.15. The molecule has 1 aromatic rings. The third-order valence-corrected chi connectivity index (χ3v) is 3.39. The Kier molecular flexibility index (Phi) is 3.75. The van der Waals surface area contributed by atoms with E-state index in [0.29, 0.717) is 29.5 Å². The summed E-state index contributed by atoms with van der Waals surface area (Å²) < 4.78 is 10.5. The molecule has 0 saturated heterocycles. The summed E-state index contributed by atoms with van der Waals surface area (Å²) >= 11 is 0. The molecule has 1 aliphatic heterocycles. The molecule has 1 atom stereocenters. The molecule has 0 spiro atoms. The fraction of sp³-hybridized carbons (Fsp3) is 0.500. The SMILES string of the molecule is CCCC1CNC(=O)c2cc(OC)c(OC)cc21. The van der Waals surface area contributed by atoms with Crippen molar-refractivity contribution in [2.24, 2.45) is 0 Å². The molecule has 0 bridgehead atoms. The maximum absolute atomic E-state index is 11.9. The lowest BCUT2D eigenvalue weighted by Gasteiger charge is -2.26. The van der Waals surface area contributed by atoms with E-state index in [1.165, 1.54) is 0 Å². The van der Waals surface area contributed by atoms with Gasteiger partial charge in [0.1, 0.15) is 0 Å². The molecule has 0 aromatic heterocycles. The van der Waals surface area contributed by atoms with Crippen LogP contribution >= 0.6 is 0 Å². The van der Waals surface area contributed by atoms with Crippen LogP contribution in [0.1, 0.15) is 41.6 Å². The summed E-state index contributed by atoms with van der Waals surface area (Å²) in [5, 5.41) is 2.93. The van der Waals surface area contributed by atoms with E-state index in [0.717, 1.165) is 18.4 Å². The van der Waals surface area contributed by atoms with Crippen LogP contribution in [0.4, 0.5) is 0 Å². The van der Waals surface area contributed by atoms with Gasteiger partial charge in [-0.25, -0.2) is 0 Å². The average molecular weight is 249 g/mol. The molecule has 1 heterocycles. The molecule has 4 heteroatoms. The second kappa shape index (κ2) is 5.29. The number of fused-ring (bicyclic) bond motifs is 1. The first kappa shape index (κ1) is 12.7. The van der Waals surface area contributed by atoms with E-state index in [-0.39, 0.29) is 5.91 Å². The van der Waals surface area contributed by atoms with Crippen LogP contribution in [0.3, 0.4) is 0 Å². The maximum Gasteiger partial charge on any atom is 0.251 e. The Bertz CT molecular complexity index is 457. The molecule has 0 aliphatic carbocycles. The molecule has 18 heavy (non-hydrogen) atoms.